The lowest BCUT2D eigenvalue weighted by molar-refractivity contribution is 0.574. The minimum absolute atomic E-state index is 0.470. The van der Waals surface area contributed by atoms with Gasteiger partial charge in [-0.2, -0.15) is 13.1 Å². The van der Waals surface area contributed by atoms with E-state index in [0.717, 1.165) is 11.1 Å². The molecule has 0 aliphatic heterocycles. The fourth-order valence-corrected chi connectivity index (χ4v) is 2.38. The average molecular weight is 262 g/mol. The van der Waals surface area contributed by atoms with Crippen molar-refractivity contribution in [2.45, 2.75) is 6.04 Å². The Bertz CT molecular complexity index is 558. The predicted molar refractivity (Wildman–Crippen MR) is 71.0 cm³/mol. The summed E-state index contributed by atoms with van der Waals surface area (Å²) in [6.07, 6.45) is 0. The molecule has 0 spiro atoms. The molecule has 2 aromatic rings. The maximum atomic E-state index is 11.3. The van der Waals surface area contributed by atoms with E-state index in [1.54, 1.807) is 0 Å². The lowest BCUT2D eigenvalue weighted by Crippen LogP contribution is -2.34. The number of hydrogen-bond donors (Lipinski definition) is 2. The molecule has 0 saturated heterocycles. The fourth-order valence-electron chi connectivity index (χ4n) is 1.78. The number of benzene rings is 2. The summed E-state index contributed by atoms with van der Waals surface area (Å²) < 4.78 is 24.9. The van der Waals surface area contributed by atoms with Crippen LogP contribution in [-0.2, 0) is 10.2 Å². The molecule has 0 radical (unpaired) electrons. The van der Waals surface area contributed by atoms with Gasteiger partial charge in [0.1, 0.15) is 0 Å². The van der Waals surface area contributed by atoms with Gasteiger partial charge < -0.3 is 0 Å². The lowest BCUT2D eigenvalue weighted by atomic mass is 10.00. The van der Waals surface area contributed by atoms with E-state index >= 15 is 0 Å². The van der Waals surface area contributed by atoms with Crippen LogP contribution in [0.25, 0.3) is 0 Å². The highest BCUT2D eigenvalue weighted by atomic mass is 32.2. The fraction of sp³-hybridized carbons (Fsp3) is 0.0769. The zero-order valence-corrected chi connectivity index (χ0v) is 10.5. The molecule has 0 unspecified atom stereocenters. The number of nitrogens with one attached hydrogen (secondary N) is 1. The Morgan fingerprint density at radius 1 is 0.833 bits per heavy atom. The first-order chi connectivity index (χ1) is 8.56. The first kappa shape index (κ1) is 12.8. The standard InChI is InChI=1S/C13H14N2O2S/c14-18(16,17)15-13(11-7-3-1-4-8-11)12-9-5-2-6-10-12/h1-10,13,15H,(H2,14,16,17). The van der Waals surface area contributed by atoms with E-state index in [2.05, 4.69) is 4.72 Å². The van der Waals surface area contributed by atoms with Crippen LogP contribution in [-0.4, -0.2) is 8.42 Å². The van der Waals surface area contributed by atoms with Gasteiger partial charge in [0.05, 0.1) is 6.04 Å². The van der Waals surface area contributed by atoms with E-state index in [1.165, 1.54) is 0 Å². The molecule has 2 rings (SSSR count). The van der Waals surface area contributed by atoms with Crippen LogP contribution in [0.5, 0.6) is 0 Å². The van der Waals surface area contributed by atoms with Crippen LogP contribution >= 0.6 is 0 Å². The molecule has 0 aromatic heterocycles. The van der Waals surface area contributed by atoms with Crippen LogP contribution in [0.4, 0.5) is 0 Å². The molecule has 0 fully saturated rings. The zero-order valence-electron chi connectivity index (χ0n) is 9.65. The number of hydrogen-bond acceptors (Lipinski definition) is 2. The van der Waals surface area contributed by atoms with E-state index in [0.29, 0.717) is 0 Å². The Morgan fingerprint density at radius 3 is 1.56 bits per heavy atom. The molecule has 4 nitrogen and oxygen atoms in total. The Labute approximate surface area is 107 Å². The van der Waals surface area contributed by atoms with E-state index in [4.69, 9.17) is 5.14 Å². The Balaban J connectivity index is 2.42. The van der Waals surface area contributed by atoms with Crippen LogP contribution in [0.1, 0.15) is 17.2 Å². The van der Waals surface area contributed by atoms with Gasteiger partial charge in [0.15, 0.2) is 0 Å². The molecule has 0 atom stereocenters. The third-order valence-electron chi connectivity index (χ3n) is 2.55. The molecule has 0 bridgehead atoms. The molecule has 0 heterocycles. The van der Waals surface area contributed by atoms with E-state index in [1.807, 2.05) is 60.7 Å². The van der Waals surface area contributed by atoms with E-state index < -0.39 is 16.3 Å². The monoisotopic (exact) mass is 262 g/mol. The van der Waals surface area contributed by atoms with Gasteiger partial charge in [-0.05, 0) is 11.1 Å². The van der Waals surface area contributed by atoms with Crippen molar-refractivity contribution in [1.82, 2.24) is 4.72 Å². The second-order valence-electron chi connectivity index (χ2n) is 3.92. The highest BCUT2D eigenvalue weighted by Gasteiger charge is 2.17. The minimum atomic E-state index is -3.77. The van der Waals surface area contributed by atoms with Crippen LogP contribution in [0, 0.1) is 0 Å². The van der Waals surface area contributed by atoms with Gasteiger partial charge in [-0.15, -0.1) is 0 Å². The highest BCUT2D eigenvalue weighted by Crippen LogP contribution is 2.21. The summed E-state index contributed by atoms with van der Waals surface area (Å²) in [6, 6.07) is 18.1. The molecular weight excluding hydrogens is 248 g/mol. The quantitative estimate of drug-likeness (QED) is 0.877. The second-order valence-corrected chi connectivity index (χ2v) is 5.24. The van der Waals surface area contributed by atoms with Crippen molar-refractivity contribution in [1.29, 1.82) is 0 Å². The summed E-state index contributed by atoms with van der Waals surface area (Å²) in [5.41, 5.74) is 1.69. The zero-order chi connectivity index (χ0) is 13.0. The summed E-state index contributed by atoms with van der Waals surface area (Å²) in [5, 5.41) is 5.07. The van der Waals surface area contributed by atoms with Crippen molar-refractivity contribution in [3.63, 3.8) is 0 Å². The second kappa shape index (κ2) is 5.30. The molecular formula is C13H14N2O2S. The van der Waals surface area contributed by atoms with Crippen molar-refractivity contribution < 1.29 is 8.42 Å². The SMILES string of the molecule is NS(=O)(=O)NC(c1ccccc1)c1ccccc1. The van der Waals surface area contributed by atoms with Crippen LogP contribution in [0.15, 0.2) is 60.7 Å². The predicted octanol–water partition coefficient (Wildman–Crippen LogP) is 1.57. The molecule has 2 aromatic carbocycles. The molecule has 5 heteroatoms. The van der Waals surface area contributed by atoms with Crippen molar-refractivity contribution in [3.05, 3.63) is 71.8 Å². The van der Waals surface area contributed by atoms with Crippen molar-refractivity contribution in [2.24, 2.45) is 5.14 Å². The maximum Gasteiger partial charge on any atom is 0.275 e. The van der Waals surface area contributed by atoms with Crippen molar-refractivity contribution in [3.8, 4) is 0 Å². The van der Waals surface area contributed by atoms with Gasteiger partial charge >= 0.3 is 0 Å². The topological polar surface area (TPSA) is 72.2 Å². The maximum absolute atomic E-state index is 11.3. The molecule has 0 aliphatic rings. The molecule has 3 N–H and O–H groups in total. The first-order valence-electron chi connectivity index (χ1n) is 5.46. The summed E-state index contributed by atoms with van der Waals surface area (Å²) >= 11 is 0. The van der Waals surface area contributed by atoms with Gasteiger partial charge in [-0.25, -0.2) is 5.14 Å². The third kappa shape index (κ3) is 3.40. The van der Waals surface area contributed by atoms with Gasteiger partial charge in [-0.1, -0.05) is 60.7 Å². The number of rotatable bonds is 4. The normalized spacial score (nSPS) is 11.7. The summed E-state index contributed by atoms with van der Waals surface area (Å²) in [6.45, 7) is 0. The van der Waals surface area contributed by atoms with Gasteiger partial charge in [-0.3, -0.25) is 0 Å². The minimum Gasteiger partial charge on any atom is -0.216 e. The molecule has 0 amide bonds. The number of nitrogens with two attached hydrogens (primary N) is 1. The van der Waals surface area contributed by atoms with Crippen molar-refractivity contribution in [2.75, 3.05) is 0 Å². The highest BCUT2D eigenvalue weighted by molar-refractivity contribution is 7.87. The van der Waals surface area contributed by atoms with Crippen LogP contribution in [0.2, 0.25) is 0 Å². The van der Waals surface area contributed by atoms with Crippen LogP contribution < -0.4 is 9.86 Å². The van der Waals surface area contributed by atoms with Gasteiger partial charge in [0.25, 0.3) is 10.2 Å². The van der Waals surface area contributed by atoms with Gasteiger partial charge in [0.2, 0.25) is 0 Å². The van der Waals surface area contributed by atoms with E-state index in [-0.39, 0.29) is 0 Å². The average Bonchev–Trinajstić information content (AvgIpc) is 2.37. The smallest absolute Gasteiger partial charge is 0.216 e. The summed E-state index contributed by atoms with van der Waals surface area (Å²) in [7, 11) is -3.77. The third-order valence-corrected chi connectivity index (χ3v) is 3.11. The summed E-state index contributed by atoms with van der Waals surface area (Å²) in [5.74, 6) is 0. The molecule has 18 heavy (non-hydrogen) atoms. The molecule has 0 saturated carbocycles. The summed E-state index contributed by atoms with van der Waals surface area (Å²) in [4.78, 5) is 0. The van der Waals surface area contributed by atoms with Gasteiger partial charge in [0, 0.05) is 0 Å². The molecule has 0 aliphatic carbocycles. The first-order valence-corrected chi connectivity index (χ1v) is 7.01. The Morgan fingerprint density at radius 2 is 1.22 bits per heavy atom. The lowest BCUT2D eigenvalue weighted by Gasteiger charge is -2.18. The van der Waals surface area contributed by atoms with E-state index in [9.17, 15) is 8.42 Å². The Hall–Kier alpha value is -1.69. The van der Waals surface area contributed by atoms with Crippen molar-refractivity contribution >= 4 is 10.2 Å². The largest absolute Gasteiger partial charge is 0.275 e. The molecule has 94 valence electrons. The Kier molecular flexibility index (Phi) is 3.76. The van der Waals surface area contributed by atoms with Crippen LogP contribution in [0.3, 0.4) is 0 Å².